The zero-order chi connectivity index (χ0) is 13.2. The fourth-order valence-electron chi connectivity index (χ4n) is 1.19. The number of nitrogens with one attached hydrogen (secondary N) is 1. The molecule has 3 nitrogen and oxygen atoms in total. The Morgan fingerprint density at radius 3 is 2.53 bits per heavy atom. The highest BCUT2D eigenvalue weighted by atomic mass is 79.9. The number of halogens is 2. The molecule has 0 unspecified atom stereocenters. The van der Waals surface area contributed by atoms with Gasteiger partial charge in [0.05, 0.1) is 11.7 Å². The summed E-state index contributed by atoms with van der Waals surface area (Å²) in [4.78, 5) is 11.9. The SMILES string of the molecule is CC(C)(C)[C@@H](N)C(=O)Nc1ccc(Cl)cc1Br. The molecule has 0 aliphatic rings. The van der Waals surface area contributed by atoms with E-state index in [0.29, 0.717) is 10.7 Å². The molecule has 0 saturated heterocycles. The van der Waals surface area contributed by atoms with Crippen molar-refractivity contribution in [2.24, 2.45) is 11.1 Å². The predicted octanol–water partition coefficient (Wildman–Crippen LogP) is 3.41. The Bertz CT molecular complexity index is 429. The fraction of sp³-hybridized carbons (Fsp3) is 0.417. The van der Waals surface area contributed by atoms with E-state index in [1.54, 1.807) is 18.2 Å². The smallest absolute Gasteiger partial charge is 0.241 e. The third-order valence-electron chi connectivity index (χ3n) is 2.40. The number of hydrogen-bond donors (Lipinski definition) is 2. The maximum atomic E-state index is 11.9. The van der Waals surface area contributed by atoms with Gasteiger partial charge in [0.15, 0.2) is 0 Å². The van der Waals surface area contributed by atoms with E-state index in [-0.39, 0.29) is 11.3 Å². The van der Waals surface area contributed by atoms with E-state index in [1.165, 1.54) is 0 Å². The first-order valence-electron chi connectivity index (χ1n) is 5.23. The summed E-state index contributed by atoms with van der Waals surface area (Å²) in [6.45, 7) is 5.77. The standard InChI is InChI=1S/C12H16BrClN2O/c1-12(2,3)10(15)11(17)16-9-5-4-7(14)6-8(9)13/h4-6,10H,15H2,1-3H3,(H,16,17)/t10-/m0/s1. The molecule has 0 heterocycles. The molecule has 0 aromatic heterocycles. The first kappa shape index (κ1) is 14.5. The zero-order valence-electron chi connectivity index (χ0n) is 10.1. The van der Waals surface area contributed by atoms with E-state index >= 15 is 0 Å². The van der Waals surface area contributed by atoms with Crippen molar-refractivity contribution in [2.75, 3.05) is 5.32 Å². The minimum absolute atomic E-state index is 0.208. The first-order valence-corrected chi connectivity index (χ1v) is 6.40. The molecule has 0 aliphatic heterocycles. The van der Waals surface area contributed by atoms with Crippen LogP contribution in [0.15, 0.2) is 22.7 Å². The average Bonchev–Trinajstić information content (AvgIpc) is 2.19. The highest BCUT2D eigenvalue weighted by Crippen LogP contribution is 2.27. The van der Waals surface area contributed by atoms with Crippen molar-refractivity contribution >= 4 is 39.1 Å². The number of nitrogens with two attached hydrogens (primary N) is 1. The van der Waals surface area contributed by atoms with Gasteiger partial charge in [0.2, 0.25) is 5.91 Å². The Hall–Kier alpha value is -0.580. The molecule has 0 saturated carbocycles. The molecule has 0 spiro atoms. The molecule has 0 radical (unpaired) electrons. The Labute approximate surface area is 115 Å². The molecule has 5 heteroatoms. The molecule has 1 atom stereocenters. The third-order valence-corrected chi connectivity index (χ3v) is 3.30. The van der Waals surface area contributed by atoms with Crippen LogP contribution in [0.25, 0.3) is 0 Å². The molecule has 0 aliphatic carbocycles. The summed E-state index contributed by atoms with van der Waals surface area (Å²) in [7, 11) is 0. The van der Waals surface area contributed by atoms with Crippen molar-refractivity contribution in [1.29, 1.82) is 0 Å². The number of anilines is 1. The van der Waals surface area contributed by atoms with Gasteiger partial charge in [-0.3, -0.25) is 4.79 Å². The number of amides is 1. The van der Waals surface area contributed by atoms with Crippen LogP contribution in [0.5, 0.6) is 0 Å². The minimum Gasteiger partial charge on any atom is -0.324 e. The Morgan fingerprint density at radius 1 is 1.47 bits per heavy atom. The van der Waals surface area contributed by atoms with Gasteiger partial charge in [-0.15, -0.1) is 0 Å². The maximum Gasteiger partial charge on any atom is 0.241 e. The molecule has 0 fully saturated rings. The van der Waals surface area contributed by atoms with Crippen LogP contribution in [0.4, 0.5) is 5.69 Å². The lowest BCUT2D eigenvalue weighted by molar-refractivity contribution is -0.119. The predicted molar refractivity (Wildman–Crippen MR) is 75.2 cm³/mol. The van der Waals surface area contributed by atoms with Gasteiger partial charge in [-0.05, 0) is 39.5 Å². The van der Waals surface area contributed by atoms with Gasteiger partial charge in [-0.25, -0.2) is 0 Å². The van der Waals surface area contributed by atoms with Gasteiger partial charge >= 0.3 is 0 Å². The molecule has 1 aromatic carbocycles. The van der Waals surface area contributed by atoms with Crippen molar-refractivity contribution in [3.8, 4) is 0 Å². The number of rotatable bonds is 2. The molecule has 0 bridgehead atoms. The van der Waals surface area contributed by atoms with E-state index in [1.807, 2.05) is 20.8 Å². The highest BCUT2D eigenvalue weighted by molar-refractivity contribution is 9.10. The van der Waals surface area contributed by atoms with Crippen LogP contribution in [-0.4, -0.2) is 11.9 Å². The van der Waals surface area contributed by atoms with Crippen LogP contribution >= 0.6 is 27.5 Å². The Morgan fingerprint density at radius 2 is 2.06 bits per heavy atom. The second-order valence-corrected chi connectivity index (χ2v) is 6.25. The summed E-state index contributed by atoms with van der Waals surface area (Å²) in [5, 5.41) is 3.38. The normalized spacial score (nSPS) is 13.3. The monoisotopic (exact) mass is 318 g/mol. The van der Waals surface area contributed by atoms with Gasteiger partial charge < -0.3 is 11.1 Å². The molecule has 1 amide bonds. The second kappa shape index (κ2) is 5.38. The summed E-state index contributed by atoms with van der Waals surface area (Å²) < 4.78 is 0.736. The van der Waals surface area contributed by atoms with Crippen LogP contribution in [0.2, 0.25) is 5.02 Å². The zero-order valence-corrected chi connectivity index (χ0v) is 12.4. The summed E-state index contributed by atoms with van der Waals surface area (Å²) in [5.41, 5.74) is 6.26. The minimum atomic E-state index is -0.565. The quantitative estimate of drug-likeness (QED) is 0.877. The molecule has 17 heavy (non-hydrogen) atoms. The molecule has 3 N–H and O–H groups in total. The van der Waals surface area contributed by atoms with Crippen molar-refractivity contribution in [2.45, 2.75) is 26.8 Å². The molecule has 1 rings (SSSR count). The number of benzene rings is 1. The van der Waals surface area contributed by atoms with Gasteiger partial charge in [0.25, 0.3) is 0 Å². The van der Waals surface area contributed by atoms with Crippen molar-refractivity contribution in [3.05, 3.63) is 27.7 Å². The number of hydrogen-bond acceptors (Lipinski definition) is 2. The summed E-state index contributed by atoms with van der Waals surface area (Å²) in [6, 6.07) is 4.61. The molecular formula is C12H16BrClN2O. The molecule has 1 aromatic rings. The summed E-state index contributed by atoms with van der Waals surface area (Å²) in [5.74, 6) is -0.208. The first-order chi connectivity index (χ1) is 7.71. The van der Waals surface area contributed by atoms with E-state index in [9.17, 15) is 4.79 Å². The van der Waals surface area contributed by atoms with Crippen LogP contribution in [-0.2, 0) is 4.79 Å². The van der Waals surface area contributed by atoms with Gasteiger partial charge in [-0.1, -0.05) is 32.4 Å². The van der Waals surface area contributed by atoms with Crippen molar-refractivity contribution in [3.63, 3.8) is 0 Å². The Kier molecular flexibility index (Phi) is 4.58. The largest absolute Gasteiger partial charge is 0.324 e. The van der Waals surface area contributed by atoms with E-state index < -0.39 is 6.04 Å². The van der Waals surface area contributed by atoms with Crippen molar-refractivity contribution in [1.82, 2.24) is 0 Å². The molecular weight excluding hydrogens is 304 g/mol. The fourth-order valence-corrected chi connectivity index (χ4v) is 1.98. The maximum absolute atomic E-state index is 11.9. The topological polar surface area (TPSA) is 55.1 Å². The number of carbonyl (C=O) groups excluding carboxylic acids is 1. The second-order valence-electron chi connectivity index (χ2n) is 4.96. The van der Waals surface area contributed by atoms with Crippen LogP contribution in [0, 0.1) is 5.41 Å². The highest BCUT2D eigenvalue weighted by Gasteiger charge is 2.27. The van der Waals surface area contributed by atoms with Crippen LogP contribution < -0.4 is 11.1 Å². The van der Waals surface area contributed by atoms with E-state index in [0.717, 1.165) is 4.47 Å². The van der Waals surface area contributed by atoms with E-state index in [2.05, 4.69) is 21.2 Å². The van der Waals surface area contributed by atoms with Gasteiger partial charge in [0.1, 0.15) is 0 Å². The lowest BCUT2D eigenvalue weighted by atomic mass is 9.87. The average molecular weight is 320 g/mol. The Balaban J connectivity index is 2.82. The van der Waals surface area contributed by atoms with Crippen LogP contribution in [0.1, 0.15) is 20.8 Å². The third kappa shape index (κ3) is 3.98. The summed E-state index contributed by atoms with van der Waals surface area (Å²) >= 11 is 9.16. The van der Waals surface area contributed by atoms with E-state index in [4.69, 9.17) is 17.3 Å². The summed E-state index contributed by atoms with van der Waals surface area (Å²) in [6.07, 6.45) is 0. The van der Waals surface area contributed by atoms with Crippen molar-refractivity contribution < 1.29 is 4.79 Å². The molecule has 94 valence electrons. The number of carbonyl (C=O) groups is 1. The van der Waals surface area contributed by atoms with Crippen LogP contribution in [0.3, 0.4) is 0 Å². The van der Waals surface area contributed by atoms with Gasteiger partial charge in [-0.2, -0.15) is 0 Å². The lowest BCUT2D eigenvalue weighted by Gasteiger charge is -2.26. The lowest BCUT2D eigenvalue weighted by Crippen LogP contribution is -2.45. The van der Waals surface area contributed by atoms with Gasteiger partial charge in [0, 0.05) is 9.50 Å².